The Morgan fingerprint density at radius 1 is 1.45 bits per heavy atom. The van der Waals surface area contributed by atoms with Gasteiger partial charge in [-0.3, -0.25) is 0 Å². The average Bonchev–Trinajstić information content (AvgIpc) is 2.86. The monoisotopic (exact) mass is 202 g/mol. The quantitative estimate of drug-likeness (QED) is 0.406. The van der Waals surface area contributed by atoms with E-state index in [0.717, 1.165) is 6.61 Å². The molecule has 2 fully saturated rings. The van der Waals surface area contributed by atoms with Crippen LogP contribution in [0.1, 0.15) is 19.3 Å². The lowest BCUT2D eigenvalue weighted by Gasteiger charge is -2.26. The lowest BCUT2D eigenvalue weighted by molar-refractivity contribution is 0.0645. The molecular formula is C6H14O2Si3. The Bertz CT molecular complexity index is 163. The van der Waals surface area contributed by atoms with Crippen molar-refractivity contribution in [1.29, 1.82) is 0 Å². The maximum Gasteiger partial charge on any atom is 0.126 e. The number of hydrogen-bond donors (Lipinski definition) is 0. The Hall–Kier alpha value is 0.281. The van der Waals surface area contributed by atoms with Crippen molar-refractivity contribution in [3.05, 3.63) is 0 Å². The molecular weight excluding hydrogens is 188 g/mol. The fourth-order valence-electron chi connectivity index (χ4n) is 1.85. The van der Waals surface area contributed by atoms with Crippen LogP contribution in [0.25, 0.3) is 0 Å². The predicted molar refractivity (Wildman–Crippen MR) is 53.2 cm³/mol. The molecule has 2 nitrogen and oxygen atoms in total. The molecule has 0 spiro atoms. The van der Waals surface area contributed by atoms with Crippen LogP contribution in [0.15, 0.2) is 0 Å². The second kappa shape index (κ2) is 2.97. The van der Waals surface area contributed by atoms with Crippen molar-refractivity contribution >= 4 is 30.1 Å². The SMILES string of the molecule is O=C[Si]1(C2CCCCO2)[SiH2][SiH2]1. The minimum Gasteiger partial charge on any atom is -0.382 e. The fraction of sp³-hybridized carbons (Fsp3) is 0.833. The van der Waals surface area contributed by atoms with Gasteiger partial charge >= 0.3 is 0 Å². The second-order valence-electron chi connectivity index (χ2n) is 3.71. The van der Waals surface area contributed by atoms with Crippen LogP contribution < -0.4 is 0 Å². The van der Waals surface area contributed by atoms with E-state index < -0.39 is 7.11 Å². The summed E-state index contributed by atoms with van der Waals surface area (Å²) in [5.41, 5.74) is 0.520. The lowest BCUT2D eigenvalue weighted by atomic mass is 10.2. The summed E-state index contributed by atoms with van der Waals surface area (Å²) in [5.74, 6) is 1.38. The summed E-state index contributed by atoms with van der Waals surface area (Å²) < 4.78 is 5.70. The Kier molecular flexibility index (Phi) is 2.13. The van der Waals surface area contributed by atoms with E-state index in [9.17, 15) is 4.79 Å². The molecule has 2 aliphatic heterocycles. The highest BCUT2D eigenvalue weighted by Gasteiger charge is 2.53. The number of rotatable bonds is 2. The average molecular weight is 202 g/mol. The molecule has 1 unspecified atom stereocenters. The van der Waals surface area contributed by atoms with Crippen molar-refractivity contribution < 1.29 is 9.53 Å². The third kappa shape index (κ3) is 1.42. The van der Waals surface area contributed by atoms with Gasteiger partial charge in [0, 0.05) is 23.7 Å². The first-order chi connectivity index (χ1) is 5.37. The third-order valence-corrected chi connectivity index (χ3v) is 30.3. The van der Waals surface area contributed by atoms with Gasteiger partial charge in [0.05, 0.1) is 11.6 Å². The van der Waals surface area contributed by atoms with Crippen molar-refractivity contribution in [1.82, 2.24) is 0 Å². The molecule has 2 heterocycles. The predicted octanol–water partition coefficient (Wildman–Crippen LogP) is -1.43. The van der Waals surface area contributed by atoms with Crippen LogP contribution in [0.4, 0.5) is 0 Å². The van der Waals surface area contributed by atoms with E-state index in [1.807, 2.05) is 0 Å². The Balaban J connectivity index is 1.97. The Morgan fingerprint density at radius 2 is 2.27 bits per heavy atom. The number of carbonyl (C=O) groups is 1. The molecule has 0 N–H and O–H groups in total. The van der Waals surface area contributed by atoms with Gasteiger partial charge in [-0.2, -0.15) is 0 Å². The second-order valence-corrected chi connectivity index (χ2v) is 31.0. The summed E-state index contributed by atoms with van der Waals surface area (Å²) >= 11 is 0. The van der Waals surface area contributed by atoms with Crippen LogP contribution in [-0.4, -0.2) is 42.5 Å². The van der Waals surface area contributed by atoms with Crippen LogP contribution in [-0.2, 0) is 9.53 Å². The highest BCUT2D eigenvalue weighted by atomic mass is 30.1. The zero-order valence-electron chi connectivity index (χ0n) is 6.71. The van der Waals surface area contributed by atoms with Gasteiger partial charge in [0.2, 0.25) is 0 Å². The molecule has 2 aliphatic rings. The molecule has 1 atom stereocenters. The van der Waals surface area contributed by atoms with Gasteiger partial charge in [-0.15, -0.1) is 0 Å². The topological polar surface area (TPSA) is 26.3 Å². The maximum absolute atomic E-state index is 10.8. The first-order valence-corrected chi connectivity index (χ1v) is 15.3. The molecule has 0 aromatic heterocycles. The van der Waals surface area contributed by atoms with E-state index in [4.69, 9.17) is 4.74 Å². The standard InChI is InChI=1S/C6H14O2Si3/c7-5-11(9-10-11)6-3-1-2-4-8-6/h5-6H,1-4,9-10H2. The van der Waals surface area contributed by atoms with Crippen molar-refractivity contribution in [2.24, 2.45) is 0 Å². The fourth-order valence-corrected chi connectivity index (χ4v) is 28.1. The van der Waals surface area contributed by atoms with Crippen molar-refractivity contribution in [2.45, 2.75) is 25.0 Å². The largest absolute Gasteiger partial charge is 0.382 e. The van der Waals surface area contributed by atoms with Gasteiger partial charge in [0.15, 0.2) is 0 Å². The summed E-state index contributed by atoms with van der Waals surface area (Å²) in [6.45, 7) is 0.941. The highest BCUT2D eigenvalue weighted by molar-refractivity contribution is 7.96. The molecule has 0 aromatic carbocycles. The smallest absolute Gasteiger partial charge is 0.126 e. The lowest BCUT2D eigenvalue weighted by Crippen LogP contribution is -2.43. The van der Waals surface area contributed by atoms with Gasteiger partial charge in [-0.1, -0.05) is 0 Å². The Labute approximate surface area is 71.7 Å². The molecule has 5 heteroatoms. The first kappa shape index (κ1) is 7.91. The van der Waals surface area contributed by atoms with Crippen LogP contribution in [0.5, 0.6) is 0 Å². The molecule has 0 aliphatic carbocycles. The van der Waals surface area contributed by atoms with Gasteiger partial charge in [0.1, 0.15) is 7.11 Å². The van der Waals surface area contributed by atoms with Crippen LogP contribution in [0, 0.1) is 0 Å². The molecule has 62 valence electrons. The number of ether oxygens (including phenoxy) is 1. The van der Waals surface area contributed by atoms with Gasteiger partial charge in [0.25, 0.3) is 0 Å². The van der Waals surface area contributed by atoms with Crippen molar-refractivity contribution in [2.75, 3.05) is 6.61 Å². The van der Waals surface area contributed by atoms with Crippen LogP contribution >= 0.6 is 0 Å². The molecule has 0 bridgehead atoms. The van der Waals surface area contributed by atoms with E-state index >= 15 is 0 Å². The molecule has 0 amide bonds. The van der Waals surface area contributed by atoms with Crippen LogP contribution in [0.2, 0.25) is 0 Å². The molecule has 0 aromatic rings. The summed E-state index contributed by atoms with van der Waals surface area (Å²) in [7, 11) is -0.724. The minimum atomic E-state index is -1.15. The third-order valence-electron chi connectivity index (χ3n) is 2.88. The summed E-state index contributed by atoms with van der Waals surface area (Å²) in [6.07, 6.45) is 3.77. The normalized spacial score (nSPS) is 47.8. The van der Waals surface area contributed by atoms with Gasteiger partial charge < -0.3 is 9.53 Å². The number of carbonyl (C=O) groups excluding carboxylic acids is 1. The van der Waals surface area contributed by atoms with Crippen LogP contribution in [0.3, 0.4) is 0 Å². The van der Waals surface area contributed by atoms with E-state index in [1.165, 1.54) is 25.2 Å². The van der Waals surface area contributed by atoms with Crippen molar-refractivity contribution in [3.63, 3.8) is 0 Å². The zero-order valence-corrected chi connectivity index (χ0v) is 10.5. The molecule has 0 saturated carbocycles. The van der Waals surface area contributed by atoms with E-state index in [1.54, 1.807) is 0 Å². The first-order valence-electron chi connectivity index (χ1n) is 4.45. The molecule has 0 radical (unpaired) electrons. The zero-order chi connectivity index (χ0) is 7.73. The summed E-state index contributed by atoms with van der Waals surface area (Å²) in [5, 5.41) is 0. The van der Waals surface area contributed by atoms with Gasteiger partial charge in [-0.05, 0) is 19.3 Å². The maximum atomic E-state index is 10.8. The minimum absolute atomic E-state index is 0.214. The molecule has 11 heavy (non-hydrogen) atoms. The summed E-state index contributed by atoms with van der Waals surface area (Å²) in [6, 6.07) is 0. The van der Waals surface area contributed by atoms with E-state index in [-0.39, 0.29) is 17.1 Å². The van der Waals surface area contributed by atoms with Crippen molar-refractivity contribution in [3.8, 4) is 0 Å². The molecule has 2 saturated heterocycles. The highest BCUT2D eigenvalue weighted by Crippen LogP contribution is 2.25. The number of hydrogen-bond acceptors (Lipinski definition) is 2. The molecule has 2 rings (SSSR count). The van der Waals surface area contributed by atoms with E-state index in [0.29, 0.717) is 5.73 Å². The Morgan fingerprint density at radius 3 is 2.73 bits per heavy atom. The van der Waals surface area contributed by atoms with Gasteiger partial charge in [-0.25, -0.2) is 0 Å². The summed E-state index contributed by atoms with van der Waals surface area (Å²) in [4.78, 5) is 10.8. The van der Waals surface area contributed by atoms with E-state index in [2.05, 4.69) is 0 Å².